The molecule has 15 heavy (non-hydrogen) atoms. The molecule has 0 aliphatic carbocycles. The van der Waals surface area contributed by atoms with Gasteiger partial charge in [0, 0.05) is 24.7 Å². The maximum absolute atomic E-state index is 6.01. The topological polar surface area (TPSA) is 29.0 Å². The van der Waals surface area contributed by atoms with Gasteiger partial charge in [-0.1, -0.05) is 6.92 Å². The highest BCUT2D eigenvalue weighted by atomic mass is 127. The van der Waals surface area contributed by atoms with Crippen LogP contribution in [0, 0.1) is 9.49 Å². The normalized spacial score (nSPS) is 25.9. The van der Waals surface area contributed by atoms with E-state index in [0.29, 0.717) is 17.8 Å². The number of halogens is 2. The lowest BCUT2D eigenvalue weighted by molar-refractivity contribution is 0.548. The van der Waals surface area contributed by atoms with Crippen molar-refractivity contribution < 1.29 is 0 Å². The van der Waals surface area contributed by atoms with Gasteiger partial charge in [0.2, 0.25) is 0 Å². The molecule has 1 aromatic heterocycles. The minimum atomic E-state index is 0.412. The highest BCUT2D eigenvalue weighted by molar-refractivity contribution is 14.1. The van der Waals surface area contributed by atoms with Crippen LogP contribution < -0.4 is 4.90 Å². The first-order chi connectivity index (χ1) is 7.24. The molecule has 0 aromatic carbocycles. The Hall–Kier alpha value is -0.100. The molecule has 2 atom stereocenters. The molecule has 0 spiro atoms. The van der Waals surface area contributed by atoms with E-state index in [1.54, 1.807) is 6.33 Å². The zero-order chi connectivity index (χ0) is 10.8. The lowest BCUT2D eigenvalue weighted by atomic mass is 10.1. The van der Waals surface area contributed by atoms with E-state index in [1.807, 2.05) is 6.20 Å². The van der Waals surface area contributed by atoms with Crippen LogP contribution in [0.2, 0.25) is 0 Å². The number of alkyl halides is 1. The van der Waals surface area contributed by atoms with Gasteiger partial charge in [-0.25, -0.2) is 9.97 Å². The Balaban J connectivity index is 2.28. The number of aromatic nitrogens is 2. The van der Waals surface area contributed by atoms with E-state index in [9.17, 15) is 0 Å². The second-order valence-electron chi connectivity index (χ2n) is 3.88. The molecule has 1 saturated heterocycles. The zero-order valence-corrected chi connectivity index (χ0v) is 11.4. The third-order valence-corrected chi connectivity index (χ3v) is 4.04. The lowest BCUT2D eigenvalue weighted by Crippen LogP contribution is -2.34. The van der Waals surface area contributed by atoms with Gasteiger partial charge in [0.15, 0.2) is 0 Å². The summed E-state index contributed by atoms with van der Waals surface area (Å²) in [6.45, 7) is 3.30. The SMILES string of the molecule is CC1CCN(c2ncncc2I)C1CCl. The fraction of sp³-hybridized carbons (Fsp3) is 0.600. The third-order valence-electron chi connectivity index (χ3n) is 2.96. The molecule has 1 fully saturated rings. The highest BCUT2D eigenvalue weighted by Gasteiger charge is 2.32. The molecule has 5 heteroatoms. The Morgan fingerprint density at radius 3 is 3.13 bits per heavy atom. The van der Waals surface area contributed by atoms with Crippen LogP contribution in [-0.4, -0.2) is 28.4 Å². The summed E-state index contributed by atoms with van der Waals surface area (Å²) in [4.78, 5) is 10.7. The number of nitrogens with zero attached hydrogens (tertiary/aromatic N) is 3. The molecule has 0 N–H and O–H groups in total. The maximum atomic E-state index is 6.01. The summed E-state index contributed by atoms with van der Waals surface area (Å²) in [5, 5.41) is 0. The summed E-state index contributed by atoms with van der Waals surface area (Å²) in [5.41, 5.74) is 0. The second-order valence-corrected chi connectivity index (χ2v) is 5.35. The number of hydrogen-bond donors (Lipinski definition) is 0. The van der Waals surface area contributed by atoms with Gasteiger partial charge in [-0.15, -0.1) is 11.6 Å². The Morgan fingerprint density at radius 1 is 1.67 bits per heavy atom. The van der Waals surface area contributed by atoms with Gasteiger partial charge in [-0.3, -0.25) is 0 Å². The smallest absolute Gasteiger partial charge is 0.145 e. The fourth-order valence-corrected chi connectivity index (χ4v) is 3.10. The Labute approximate surface area is 108 Å². The highest BCUT2D eigenvalue weighted by Crippen LogP contribution is 2.31. The van der Waals surface area contributed by atoms with E-state index in [1.165, 1.54) is 6.42 Å². The van der Waals surface area contributed by atoms with E-state index in [2.05, 4.69) is 44.4 Å². The van der Waals surface area contributed by atoms with Crippen LogP contribution in [0.4, 0.5) is 5.82 Å². The van der Waals surface area contributed by atoms with Gasteiger partial charge in [0.1, 0.15) is 12.1 Å². The number of rotatable bonds is 2. The van der Waals surface area contributed by atoms with Crippen molar-refractivity contribution in [3.63, 3.8) is 0 Å². The first kappa shape index (κ1) is 11.4. The van der Waals surface area contributed by atoms with Crippen molar-refractivity contribution in [3.8, 4) is 0 Å². The zero-order valence-electron chi connectivity index (χ0n) is 8.53. The van der Waals surface area contributed by atoms with Crippen LogP contribution in [0.5, 0.6) is 0 Å². The van der Waals surface area contributed by atoms with Crippen LogP contribution in [-0.2, 0) is 0 Å². The molecule has 82 valence electrons. The summed E-state index contributed by atoms with van der Waals surface area (Å²) >= 11 is 8.29. The Bertz CT molecular complexity index is 347. The molecule has 2 rings (SSSR count). The van der Waals surface area contributed by atoms with E-state index < -0.39 is 0 Å². The molecule has 0 radical (unpaired) electrons. The summed E-state index contributed by atoms with van der Waals surface area (Å²) in [5.74, 6) is 2.34. The van der Waals surface area contributed by atoms with E-state index >= 15 is 0 Å². The molecular formula is C10H13ClIN3. The van der Waals surface area contributed by atoms with Gasteiger partial charge in [-0.2, -0.15) is 0 Å². The molecular weight excluding hydrogens is 324 g/mol. The number of anilines is 1. The second kappa shape index (κ2) is 4.82. The fourth-order valence-electron chi connectivity index (χ4n) is 2.02. The molecule has 2 heterocycles. The van der Waals surface area contributed by atoms with Crippen LogP contribution >= 0.6 is 34.2 Å². The monoisotopic (exact) mass is 337 g/mol. The summed E-state index contributed by atoms with van der Waals surface area (Å²) in [6.07, 6.45) is 4.64. The van der Waals surface area contributed by atoms with Gasteiger partial charge in [0.05, 0.1) is 3.57 Å². The van der Waals surface area contributed by atoms with Crippen LogP contribution in [0.1, 0.15) is 13.3 Å². The standard InChI is InChI=1S/C10H13ClIN3/c1-7-2-3-15(9(7)4-11)10-8(12)5-13-6-14-10/h5-7,9H,2-4H2,1H3. The molecule has 3 nitrogen and oxygen atoms in total. The third kappa shape index (κ3) is 2.20. The minimum Gasteiger partial charge on any atom is -0.351 e. The first-order valence-corrected chi connectivity index (χ1v) is 6.63. The predicted molar refractivity (Wildman–Crippen MR) is 70.4 cm³/mol. The van der Waals surface area contributed by atoms with Crippen molar-refractivity contribution in [2.45, 2.75) is 19.4 Å². The molecule has 1 aliphatic rings. The van der Waals surface area contributed by atoms with Crippen LogP contribution in [0.15, 0.2) is 12.5 Å². The lowest BCUT2D eigenvalue weighted by Gasteiger charge is -2.26. The average Bonchev–Trinajstić information content (AvgIpc) is 2.60. The van der Waals surface area contributed by atoms with E-state index in [0.717, 1.165) is 15.9 Å². The molecule has 0 amide bonds. The van der Waals surface area contributed by atoms with Crippen LogP contribution in [0.3, 0.4) is 0 Å². The summed E-state index contributed by atoms with van der Waals surface area (Å²) < 4.78 is 1.10. The molecule has 0 bridgehead atoms. The van der Waals surface area contributed by atoms with Crippen molar-refractivity contribution in [1.29, 1.82) is 0 Å². The average molecular weight is 338 g/mol. The van der Waals surface area contributed by atoms with Gasteiger partial charge < -0.3 is 4.90 Å². The van der Waals surface area contributed by atoms with Gasteiger partial charge in [-0.05, 0) is 34.9 Å². The van der Waals surface area contributed by atoms with Gasteiger partial charge >= 0.3 is 0 Å². The molecule has 2 unspecified atom stereocenters. The minimum absolute atomic E-state index is 0.412. The van der Waals surface area contributed by atoms with Crippen molar-refractivity contribution in [3.05, 3.63) is 16.1 Å². The quantitative estimate of drug-likeness (QED) is 0.613. The molecule has 1 aliphatic heterocycles. The first-order valence-electron chi connectivity index (χ1n) is 5.02. The Kier molecular flexibility index (Phi) is 3.66. The summed E-state index contributed by atoms with van der Waals surface area (Å²) in [6, 6.07) is 0.412. The molecule has 1 aromatic rings. The van der Waals surface area contributed by atoms with Crippen molar-refractivity contribution >= 4 is 40.0 Å². The van der Waals surface area contributed by atoms with Gasteiger partial charge in [0.25, 0.3) is 0 Å². The largest absolute Gasteiger partial charge is 0.351 e. The van der Waals surface area contributed by atoms with Crippen molar-refractivity contribution in [1.82, 2.24) is 9.97 Å². The van der Waals surface area contributed by atoms with Crippen LogP contribution in [0.25, 0.3) is 0 Å². The predicted octanol–water partition coefficient (Wildman–Crippen LogP) is 2.53. The van der Waals surface area contributed by atoms with E-state index in [4.69, 9.17) is 11.6 Å². The molecule has 0 saturated carbocycles. The van der Waals surface area contributed by atoms with Crippen molar-refractivity contribution in [2.24, 2.45) is 5.92 Å². The number of hydrogen-bond acceptors (Lipinski definition) is 3. The van der Waals surface area contributed by atoms with Crippen molar-refractivity contribution in [2.75, 3.05) is 17.3 Å². The summed E-state index contributed by atoms with van der Waals surface area (Å²) in [7, 11) is 0. The van der Waals surface area contributed by atoms with E-state index in [-0.39, 0.29) is 0 Å². The Morgan fingerprint density at radius 2 is 2.47 bits per heavy atom. The maximum Gasteiger partial charge on any atom is 0.145 e.